The van der Waals surface area contributed by atoms with Crippen molar-refractivity contribution in [1.82, 2.24) is 0 Å². The molecule has 0 heterocycles. The lowest BCUT2D eigenvalue weighted by Gasteiger charge is -2.08. The van der Waals surface area contributed by atoms with E-state index in [1.807, 2.05) is 0 Å². The highest BCUT2D eigenvalue weighted by atomic mass is 79.9. The van der Waals surface area contributed by atoms with Gasteiger partial charge in [-0.3, -0.25) is 0 Å². The molecule has 4 heteroatoms. The summed E-state index contributed by atoms with van der Waals surface area (Å²) in [5.74, 6) is 0. The molecule has 0 radical (unpaired) electrons. The normalized spacial score (nSPS) is 12.2. The molecule has 0 aliphatic heterocycles. The van der Waals surface area contributed by atoms with Crippen LogP contribution >= 0.6 is 17.0 Å². The van der Waals surface area contributed by atoms with Crippen molar-refractivity contribution in [2.45, 2.75) is 64.4 Å². The van der Waals surface area contributed by atoms with Gasteiger partial charge < -0.3 is 15.6 Å². The van der Waals surface area contributed by atoms with Crippen LogP contribution in [0.5, 0.6) is 0 Å². The van der Waals surface area contributed by atoms with Crippen LogP contribution in [0.4, 0.5) is 0 Å². The van der Waals surface area contributed by atoms with Crippen molar-refractivity contribution in [2.75, 3.05) is 19.8 Å². The van der Waals surface area contributed by atoms with E-state index in [9.17, 15) is 0 Å². The Kier molecular flexibility index (Phi) is 19.0. The fraction of sp³-hybridized carbons (Fsp3) is 1.00. The predicted molar refractivity (Wildman–Crippen MR) is 78.8 cm³/mol. The maximum atomic E-state index is 9.13. The first-order valence-electron chi connectivity index (χ1n) is 6.77. The third-order valence-electron chi connectivity index (χ3n) is 2.72. The first-order valence-corrected chi connectivity index (χ1v) is 6.77. The molecule has 3 nitrogen and oxygen atoms in total. The molecule has 0 aromatic carbocycles. The molecule has 0 bridgehead atoms. The Morgan fingerprint density at radius 2 is 1.53 bits per heavy atom. The largest absolute Gasteiger partial charge is 0.389 e. The molecule has 0 saturated heterocycles. The smallest absolute Gasteiger partial charge is 0.0895 e. The van der Waals surface area contributed by atoms with E-state index in [0.29, 0.717) is 6.61 Å². The van der Waals surface area contributed by atoms with Gasteiger partial charge in [-0.15, -0.1) is 17.0 Å². The first-order chi connectivity index (χ1) is 7.81. The van der Waals surface area contributed by atoms with E-state index in [1.165, 1.54) is 44.9 Å². The lowest BCUT2D eigenvalue weighted by Crippen LogP contribution is -2.25. The van der Waals surface area contributed by atoms with Crippen molar-refractivity contribution in [2.24, 2.45) is 5.73 Å². The van der Waals surface area contributed by atoms with Gasteiger partial charge in [0.05, 0.1) is 12.7 Å². The Morgan fingerprint density at radius 3 is 2.06 bits per heavy atom. The van der Waals surface area contributed by atoms with Crippen LogP contribution in [0.2, 0.25) is 0 Å². The van der Waals surface area contributed by atoms with Crippen LogP contribution in [0.3, 0.4) is 0 Å². The average molecular weight is 312 g/mol. The van der Waals surface area contributed by atoms with Crippen molar-refractivity contribution in [3.8, 4) is 0 Å². The Balaban J connectivity index is 0. The maximum Gasteiger partial charge on any atom is 0.0895 e. The van der Waals surface area contributed by atoms with Gasteiger partial charge in [0.15, 0.2) is 0 Å². The van der Waals surface area contributed by atoms with Gasteiger partial charge in [-0.2, -0.15) is 0 Å². The summed E-state index contributed by atoms with van der Waals surface area (Å²) in [6, 6.07) is 0. The van der Waals surface area contributed by atoms with Crippen LogP contribution in [0, 0.1) is 0 Å². The number of aliphatic hydroxyl groups excluding tert-OH is 1. The summed E-state index contributed by atoms with van der Waals surface area (Å²) in [4.78, 5) is 0. The third kappa shape index (κ3) is 16.4. The number of halogens is 1. The summed E-state index contributed by atoms with van der Waals surface area (Å²) in [6.07, 6.45) is 9.97. The molecular weight excluding hydrogens is 282 g/mol. The van der Waals surface area contributed by atoms with Gasteiger partial charge in [-0.25, -0.2) is 0 Å². The zero-order valence-electron chi connectivity index (χ0n) is 11.2. The average Bonchev–Trinajstić information content (AvgIpc) is 2.31. The predicted octanol–water partition coefficient (Wildman–Crippen LogP) is 3.04. The second-order valence-corrected chi connectivity index (χ2v) is 4.44. The van der Waals surface area contributed by atoms with Crippen molar-refractivity contribution < 1.29 is 9.84 Å². The van der Waals surface area contributed by atoms with Gasteiger partial charge in [0.25, 0.3) is 0 Å². The minimum Gasteiger partial charge on any atom is -0.389 e. The van der Waals surface area contributed by atoms with Crippen LogP contribution in [0.25, 0.3) is 0 Å². The van der Waals surface area contributed by atoms with E-state index in [4.69, 9.17) is 15.6 Å². The maximum absolute atomic E-state index is 9.13. The summed E-state index contributed by atoms with van der Waals surface area (Å²) in [6.45, 7) is 3.67. The summed E-state index contributed by atoms with van der Waals surface area (Å²) >= 11 is 0. The minimum atomic E-state index is -0.492. The molecule has 17 heavy (non-hydrogen) atoms. The van der Waals surface area contributed by atoms with Gasteiger partial charge in [-0.05, 0) is 6.42 Å². The second kappa shape index (κ2) is 16.4. The van der Waals surface area contributed by atoms with Gasteiger partial charge in [-0.1, -0.05) is 51.9 Å². The molecule has 0 amide bonds. The zero-order chi connectivity index (χ0) is 12.1. The fourth-order valence-corrected chi connectivity index (χ4v) is 1.63. The number of aliphatic hydroxyl groups is 1. The highest BCUT2D eigenvalue weighted by molar-refractivity contribution is 8.93. The molecule has 0 fully saturated rings. The first kappa shape index (κ1) is 19.7. The molecule has 3 N–H and O–H groups in total. The Hall–Kier alpha value is 0.360. The molecule has 1 unspecified atom stereocenters. The summed E-state index contributed by atoms with van der Waals surface area (Å²) in [5.41, 5.74) is 5.26. The van der Waals surface area contributed by atoms with Crippen molar-refractivity contribution >= 4 is 17.0 Å². The Labute approximate surface area is 117 Å². The molecular formula is C13H30BrNO2. The third-order valence-corrected chi connectivity index (χ3v) is 2.72. The van der Waals surface area contributed by atoms with E-state index in [1.54, 1.807) is 0 Å². The summed E-state index contributed by atoms with van der Waals surface area (Å²) < 4.78 is 5.30. The van der Waals surface area contributed by atoms with Crippen molar-refractivity contribution in [1.29, 1.82) is 0 Å². The highest BCUT2D eigenvalue weighted by Crippen LogP contribution is 2.08. The quantitative estimate of drug-likeness (QED) is 0.545. The van der Waals surface area contributed by atoms with Crippen molar-refractivity contribution in [3.05, 3.63) is 0 Å². The fourth-order valence-electron chi connectivity index (χ4n) is 1.63. The molecule has 0 aromatic heterocycles. The van der Waals surface area contributed by atoms with Gasteiger partial charge in [0.2, 0.25) is 0 Å². The molecule has 0 rings (SSSR count). The lowest BCUT2D eigenvalue weighted by atomic mass is 10.1. The highest BCUT2D eigenvalue weighted by Gasteiger charge is 1.99. The van der Waals surface area contributed by atoms with E-state index < -0.39 is 6.10 Å². The van der Waals surface area contributed by atoms with E-state index in [0.717, 1.165) is 13.0 Å². The number of unbranched alkanes of at least 4 members (excludes halogenated alkanes) is 7. The lowest BCUT2D eigenvalue weighted by molar-refractivity contribution is 0.0396. The molecule has 0 aliphatic carbocycles. The van der Waals surface area contributed by atoms with Crippen LogP contribution in [-0.4, -0.2) is 31.0 Å². The van der Waals surface area contributed by atoms with E-state index >= 15 is 0 Å². The summed E-state index contributed by atoms with van der Waals surface area (Å²) in [7, 11) is 0. The van der Waals surface area contributed by atoms with Gasteiger partial charge in [0, 0.05) is 13.2 Å². The topological polar surface area (TPSA) is 55.5 Å². The summed E-state index contributed by atoms with van der Waals surface area (Å²) in [5, 5.41) is 9.13. The molecule has 106 valence electrons. The Morgan fingerprint density at radius 1 is 1.00 bits per heavy atom. The van der Waals surface area contributed by atoms with E-state index in [-0.39, 0.29) is 23.5 Å². The van der Waals surface area contributed by atoms with E-state index in [2.05, 4.69) is 6.92 Å². The monoisotopic (exact) mass is 311 g/mol. The van der Waals surface area contributed by atoms with Crippen LogP contribution in [0.15, 0.2) is 0 Å². The zero-order valence-corrected chi connectivity index (χ0v) is 12.9. The number of hydrogen-bond donors (Lipinski definition) is 2. The van der Waals surface area contributed by atoms with Crippen LogP contribution < -0.4 is 5.73 Å². The van der Waals surface area contributed by atoms with Gasteiger partial charge >= 0.3 is 0 Å². The molecule has 0 saturated carbocycles. The molecule has 0 aliphatic rings. The van der Waals surface area contributed by atoms with Crippen LogP contribution in [0.1, 0.15) is 58.3 Å². The number of rotatable bonds is 12. The number of hydrogen-bond acceptors (Lipinski definition) is 3. The SMILES string of the molecule is Br.CCCCCCCCCCOCC(O)CN. The molecule has 0 spiro atoms. The number of nitrogens with two attached hydrogens (primary N) is 1. The molecule has 0 aromatic rings. The van der Waals surface area contributed by atoms with Crippen molar-refractivity contribution in [3.63, 3.8) is 0 Å². The minimum absolute atomic E-state index is 0. The Bertz CT molecular complexity index is 137. The van der Waals surface area contributed by atoms with Crippen LogP contribution in [-0.2, 0) is 4.74 Å². The number of ether oxygens (including phenoxy) is 1. The standard InChI is InChI=1S/C13H29NO2.BrH/c1-2-3-4-5-6-7-8-9-10-16-12-13(15)11-14;/h13,15H,2-12,14H2,1H3;1H. The molecule has 1 atom stereocenters. The van der Waals surface area contributed by atoms with Gasteiger partial charge in [0.1, 0.15) is 0 Å². The second-order valence-electron chi connectivity index (χ2n) is 4.44.